The molecule has 0 saturated heterocycles. The van der Waals surface area contributed by atoms with Crippen LogP contribution >= 0.6 is 0 Å². The van der Waals surface area contributed by atoms with Gasteiger partial charge in [0.15, 0.2) is 0 Å². The molecule has 2 N–H and O–H groups in total. The predicted octanol–water partition coefficient (Wildman–Crippen LogP) is 4.92. The molecule has 0 atom stereocenters. The van der Waals surface area contributed by atoms with Crippen LogP contribution in [-0.4, -0.2) is 24.5 Å². The van der Waals surface area contributed by atoms with Gasteiger partial charge in [-0.15, -0.1) is 0 Å². The van der Waals surface area contributed by atoms with Gasteiger partial charge in [-0.2, -0.15) is 0 Å². The second-order valence-electron chi connectivity index (χ2n) is 7.80. The van der Waals surface area contributed by atoms with Gasteiger partial charge in [0.25, 0.3) is 5.91 Å². The standard InChI is InChI=1S/C27H22N2O4/c1-32-21-8-10-22-19(16-29-24(22)15-21)11-12-28-26(30)18-7-9-23-20(13-18)14-25(33-27(23)31)17-5-3-2-4-6-17/h2-10,13-16,29H,11-12H2,1H3,(H,28,30). The van der Waals surface area contributed by atoms with Gasteiger partial charge in [-0.25, -0.2) is 4.79 Å². The second kappa shape index (κ2) is 8.67. The van der Waals surface area contributed by atoms with Crippen LogP contribution in [-0.2, 0) is 6.42 Å². The Kier molecular flexibility index (Phi) is 5.40. The van der Waals surface area contributed by atoms with E-state index < -0.39 is 5.63 Å². The van der Waals surface area contributed by atoms with E-state index in [2.05, 4.69) is 10.3 Å². The number of carbonyl (C=O) groups is 1. The predicted molar refractivity (Wildman–Crippen MR) is 129 cm³/mol. The van der Waals surface area contributed by atoms with Crippen molar-refractivity contribution in [1.82, 2.24) is 10.3 Å². The van der Waals surface area contributed by atoms with E-state index in [1.165, 1.54) is 0 Å². The molecule has 0 spiro atoms. The summed E-state index contributed by atoms with van der Waals surface area (Å²) in [5.41, 5.74) is 3.00. The highest BCUT2D eigenvalue weighted by Gasteiger charge is 2.11. The van der Waals surface area contributed by atoms with Crippen molar-refractivity contribution in [3.63, 3.8) is 0 Å². The van der Waals surface area contributed by atoms with Crippen LogP contribution in [0.5, 0.6) is 5.75 Å². The molecule has 2 aromatic heterocycles. The number of aromatic nitrogens is 1. The zero-order valence-electron chi connectivity index (χ0n) is 18.1. The largest absolute Gasteiger partial charge is 0.497 e. The molecular weight excluding hydrogens is 416 g/mol. The second-order valence-corrected chi connectivity index (χ2v) is 7.80. The minimum absolute atomic E-state index is 0.187. The minimum atomic E-state index is -0.422. The van der Waals surface area contributed by atoms with E-state index in [4.69, 9.17) is 9.15 Å². The fourth-order valence-electron chi connectivity index (χ4n) is 3.99. The zero-order chi connectivity index (χ0) is 22.8. The zero-order valence-corrected chi connectivity index (χ0v) is 18.1. The minimum Gasteiger partial charge on any atom is -0.497 e. The lowest BCUT2D eigenvalue weighted by atomic mass is 10.1. The van der Waals surface area contributed by atoms with Gasteiger partial charge in [0.05, 0.1) is 12.5 Å². The van der Waals surface area contributed by atoms with Crippen LogP contribution in [0.1, 0.15) is 15.9 Å². The van der Waals surface area contributed by atoms with Crippen LogP contribution in [0, 0.1) is 0 Å². The molecule has 5 rings (SSSR count). The lowest BCUT2D eigenvalue weighted by Crippen LogP contribution is -2.25. The van der Waals surface area contributed by atoms with E-state index in [0.717, 1.165) is 27.8 Å². The van der Waals surface area contributed by atoms with E-state index in [0.29, 0.717) is 35.1 Å². The Morgan fingerprint density at radius 1 is 1.00 bits per heavy atom. The number of carbonyl (C=O) groups excluding carboxylic acids is 1. The van der Waals surface area contributed by atoms with E-state index in [-0.39, 0.29) is 5.91 Å². The van der Waals surface area contributed by atoms with Crippen LogP contribution in [0.15, 0.2) is 88.2 Å². The molecule has 0 bridgehead atoms. The summed E-state index contributed by atoms with van der Waals surface area (Å²) >= 11 is 0. The highest BCUT2D eigenvalue weighted by molar-refractivity contribution is 5.98. The maximum Gasteiger partial charge on any atom is 0.344 e. The molecule has 33 heavy (non-hydrogen) atoms. The van der Waals surface area contributed by atoms with Gasteiger partial charge in [0, 0.05) is 40.8 Å². The van der Waals surface area contributed by atoms with Crippen molar-refractivity contribution in [2.45, 2.75) is 6.42 Å². The monoisotopic (exact) mass is 438 g/mol. The van der Waals surface area contributed by atoms with Crippen LogP contribution in [0.2, 0.25) is 0 Å². The third kappa shape index (κ3) is 4.11. The van der Waals surface area contributed by atoms with Crippen LogP contribution in [0.25, 0.3) is 33.0 Å². The maximum absolute atomic E-state index is 12.8. The average molecular weight is 438 g/mol. The number of rotatable bonds is 6. The van der Waals surface area contributed by atoms with Gasteiger partial charge >= 0.3 is 5.63 Å². The fraction of sp³-hybridized carbons (Fsp3) is 0.111. The topological polar surface area (TPSA) is 84.3 Å². The molecule has 164 valence electrons. The first-order valence-corrected chi connectivity index (χ1v) is 10.7. The molecule has 3 aromatic carbocycles. The van der Waals surface area contributed by atoms with E-state index in [1.807, 2.05) is 54.7 Å². The normalized spacial score (nSPS) is 11.1. The summed E-state index contributed by atoms with van der Waals surface area (Å²) < 4.78 is 10.7. The third-order valence-electron chi connectivity index (χ3n) is 5.74. The van der Waals surface area contributed by atoms with Crippen LogP contribution in [0.4, 0.5) is 0 Å². The first-order valence-electron chi connectivity index (χ1n) is 10.7. The number of benzene rings is 3. The summed E-state index contributed by atoms with van der Waals surface area (Å²) in [6, 6.07) is 22.1. The summed E-state index contributed by atoms with van der Waals surface area (Å²) in [7, 11) is 1.64. The maximum atomic E-state index is 12.8. The van der Waals surface area contributed by atoms with E-state index in [1.54, 1.807) is 31.4 Å². The number of amides is 1. The first kappa shape index (κ1) is 20.6. The molecule has 0 aliphatic carbocycles. The summed E-state index contributed by atoms with van der Waals surface area (Å²) in [6.07, 6.45) is 2.64. The van der Waals surface area contributed by atoms with Crippen molar-refractivity contribution < 1.29 is 13.9 Å². The molecule has 6 heteroatoms. The number of hydrogen-bond acceptors (Lipinski definition) is 4. The number of methoxy groups -OCH3 is 1. The van der Waals surface area contributed by atoms with Crippen LogP contribution in [0.3, 0.4) is 0 Å². The molecule has 0 aliphatic rings. The molecule has 0 radical (unpaired) electrons. The molecule has 0 aliphatic heterocycles. The Balaban J connectivity index is 1.33. The van der Waals surface area contributed by atoms with E-state index in [9.17, 15) is 9.59 Å². The van der Waals surface area contributed by atoms with Crippen LogP contribution < -0.4 is 15.7 Å². The Bertz CT molecular complexity index is 1520. The molecular formula is C27H22N2O4. The van der Waals surface area contributed by atoms with Gasteiger partial charge < -0.3 is 19.5 Å². The average Bonchev–Trinajstić information content (AvgIpc) is 3.26. The molecule has 0 fully saturated rings. The lowest BCUT2D eigenvalue weighted by molar-refractivity contribution is 0.0954. The van der Waals surface area contributed by atoms with Crippen molar-refractivity contribution in [2.24, 2.45) is 0 Å². The summed E-state index contributed by atoms with van der Waals surface area (Å²) in [5.74, 6) is 1.08. The SMILES string of the molecule is COc1ccc2c(CCNC(=O)c3ccc4c(=O)oc(-c5ccccc5)cc4c3)c[nH]c2c1. The quantitative estimate of drug-likeness (QED) is 0.394. The van der Waals surface area contributed by atoms with Crippen molar-refractivity contribution in [1.29, 1.82) is 0 Å². The molecule has 6 nitrogen and oxygen atoms in total. The number of H-pyrrole nitrogens is 1. The van der Waals surface area contributed by atoms with Crippen molar-refractivity contribution in [3.8, 4) is 17.1 Å². The molecule has 0 saturated carbocycles. The summed E-state index contributed by atoms with van der Waals surface area (Å²) in [6.45, 7) is 0.488. The molecule has 2 heterocycles. The van der Waals surface area contributed by atoms with Gasteiger partial charge in [-0.3, -0.25) is 4.79 Å². The lowest BCUT2D eigenvalue weighted by Gasteiger charge is -2.07. The third-order valence-corrected chi connectivity index (χ3v) is 5.74. The number of ether oxygens (including phenoxy) is 1. The van der Waals surface area contributed by atoms with E-state index >= 15 is 0 Å². The number of hydrogen-bond donors (Lipinski definition) is 2. The van der Waals surface area contributed by atoms with Crippen molar-refractivity contribution >= 4 is 27.6 Å². The molecule has 1 amide bonds. The first-order chi connectivity index (χ1) is 16.1. The Morgan fingerprint density at radius 3 is 2.64 bits per heavy atom. The molecule has 0 unspecified atom stereocenters. The number of aromatic amines is 1. The van der Waals surface area contributed by atoms with Crippen molar-refractivity contribution in [3.05, 3.63) is 101 Å². The fourth-order valence-corrected chi connectivity index (χ4v) is 3.99. The highest BCUT2D eigenvalue weighted by atomic mass is 16.5. The van der Waals surface area contributed by atoms with Gasteiger partial charge in [0.1, 0.15) is 11.5 Å². The van der Waals surface area contributed by atoms with Gasteiger partial charge in [0.2, 0.25) is 0 Å². The summed E-state index contributed by atoms with van der Waals surface area (Å²) in [5, 5.41) is 5.19. The van der Waals surface area contributed by atoms with Gasteiger partial charge in [-0.05, 0) is 53.8 Å². The smallest absolute Gasteiger partial charge is 0.344 e. The van der Waals surface area contributed by atoms with Gasteiger partial charge in [-0.1, -0.05) is 30.3 Å². The van der Waals surface area contributed by atoms with Crippen molar-refractivity contribution in [2.75, 3.05) is 13.7 Å². The Morgan fingerprint density at radius 2 is 1.82 bits per heavy atom. The summed E-state index contributed by atoms with van der Waals surface area (Å²) in [4.78, 5) is 28.4. The Hall–Kier alpha value is -4.32. The highest BCUT2D eigenvalue weighted by Crippen LogP contribution is 2.24. The Labute approximate surface area is 189 Å². The number of fused-ring (bicyclic) bond motifs is 2. The molecule has 5 aromatic rings. The number of nitrogens with one attached hydrogen (secondary N) is 2.